The van der Waals surface area contributed by atoms with Crippen LogP contribution in [0.2, 0.25) is 0 Å². The fourth-order valence-corrected chi connectivity index (χ4v) is 4.64. The minimum absolute atomic E-state index is 0.0148. The second-order valence-electron chi connectivity index (χ2n) is 9.07. The van der Waals surface area contributed by atoms with Gasteiger partial charge in [0.1, 0.15) is 0 Å². The second-order valence-corrected chi connectivity index (χ2v) is 9.07. The van der Waals surface area contributed by atoms with Gasteiger partial charge in [-0.3, -0.25) is 29.3 Å². The number of aromatic nitrogens is 5. The second kappa shape index (κ2) is 10.6. The highest BCUT2D eigenvalue weighted by Gasteiger charge is 2.27. The molecule has 0 radical (unpaired) electrons. The average molecular weight is 468 g/mol. The van der Waals surface area contributed by atoms with E-state index < -0.39 is 0 Å². The molecular formula is C27H29N7O. The molecule has 0 bridgehead atoms. The maximum atomic E-state index is 13.5. The first-order valence-corrected chi connectivity index (χ1v) is 11.9. The van der Waals surface area contributed by atoms with Crippen LogP contribution >= 0.6 is 0 Å². The summed E-state index contributed by atoms with van der Waals surface area (Å²) < 4.78 is 1.74. The van der Waals surface area contributed by atoms with E-state index in [1.165, 1.54) is 5.56 Å². The molecule has 35 heavy (non-hydrogen) atoms. The molecule has 0 aliphatic carbocycles. The van der Waals surface area contributed by atoms with E-state index in [1.54, 1.807) is 29.5 Å². The Hall–Kier alpha value is -3.91. The fraction of sp³-hybridized carbons (Fsp3) is 0.296. The summed E-state index contributed by atoms with van der Waals surface area (Å²) in [4.78, 5) is 31.1. The number of pyridine rings is 1. The molecular weight excluding hydrogens is 438 g/mol. The van der Waals surface area contributed by atoms with Crippen LogP contribution in [-0.2, 0) is 20.0 Å². The van der Waals surface area contributed by atoms with Gasteiger partial charge in [-0.25, -0.2) is 0 Å². The minimum Gasteiger partial charge on any atom is -0.337 e. The van der Waals surface area contributed by atoms with Crippen molar-refractivity contribution in [1.29, 1.82) is 0 Å². The molecule has 0 saturated carbocycles. The van der Waals surface area contributed by atoms with Crippen molar-refractivity contribution in [2.45, 2.75) is 13.0 Å². The van der Waals surface area contributed by atoms with Crippen LogP contribution in [0.1, 0.15) is 21.6 Å². The van der Waals surface area contributed by atoms with Crippen LogP contribution in [0.3, 0.4) is 0 Å². The number of aryl methyl sites for hydroxylation is 1. The molecule has 1 atom stereocenters. The highest BCUT2D eigenvalue weighted by atomic mass is 16.2. The molecule has 4 heterocycles. The highest BCUT2D eigenvalue weighted by Crippen LogP contribution is 2.20. The molecule has 1 aliphatic heterocycles. The Morgan fingerprint density at radius 2 is 1.86 bits per heavy atom. The van der Waals surface area contributed by atoms with Gasteiger partial charge in [0.05, 0.1) is 23.1 Å². The number of nitrogens with zero attached hydrogens (tertiary/aromatic N) is 7. The number of benzene rings is 1. The lowest BCUT2D eigenvalue weighted by Gasteiger charge is -2.24. The Labute approximate surface area is 205 Å². The lowest BCUT2D eigenvalue weighted by Crippen LogP contribution is -2.36. The summed E-state index contributed by atoms with van der Waals surface area (Å²) in [5.74, 6) is 0.269. The fourth-order valence-electron chi connectivity index (χ4n) is 4.64. The largest absolute Gasteiger partial charge is 0.337 e. The van der Waals surface area contributed by atoms with Gasteiger partial charge in [-0.15, -0.1) is 0 Å². The van der Waals surface area contributed by atoms with E-state index in [1.807, 2.05) is 42.5 Å². The maximum Gasteiger partial charge on any atom is 0.255 e. The quantitative estimate of drug-likeness (QED) is 0.434. The molecule has 1 aliphatic rings. The first-order chi connectivity index (χ1) is 17.1. The van der Waals surface area contributed by atoms with Crippen molar-refractivity contribution in [3.63, 3.8) is 0 Å². The van der Waals surface area contributed by atoms with Crippen molar-refractivity contribution in [2.24, 2.45) is 13.0 Å². The van der Waals surface area contributed by atoms with Crippen LogP contribution < -0.4 is 0 Å². The Bertz CT molecular complexity index is 1240. The minimum atomic E-state index is 0.0148. The first kappa shape index (κ1) is 22.9. The van der Waals surface area contributed by atoms with Crippen molar-refractivity contribution in [2.75, 3.05) is 26.2 Å². The summed E-state index contributed by atoms with van der Waals surface area (Å²) in [6, 6.07) is 14.2. The zero-order valence-corrected chi connectivity index (χ0v) is 19.9. The smallest absolute Gasteiger partial charge is 0.255 e. The van der Waals surface area contributed by atoms with Gasteiger partial charge < -0.3 is 4.90 Å². The monoisotopic (exact) mass is 467 g/mol. The molecule has 1 aromatic carbocycles. The third kappa shape index (κ3) is 5.78. The Morgan fingerprint density at radius 1 is 0.971 bits per heavy atom. The van der Waals surface area contributed by atoms with Gasteiger partial charge >= 0.3 is 0 Å². The van der Waals surface area contributed by atoms with Gasteiger partial charge in [-0.1, -0.05) is 30.3 Å². The van der Waals surface area contributed by atoms with E-state index in [4.69, 9.17) is 0 Å². The summed E-state index contributed by atoms with van der Waals surface area (Å²) >= 11 is 0. The standard InChI is InChI=1S/C27H29N7O/c1-32-20-24(15-31-32)26-8-7-23(14-30-26)27(35)34-12-11-33(17-21-5-3-2-4-6-21)18-22(19-34)13-25-16-28-9-10-29-25/h2-10,14-16,20,22H,11-13,17-19H2,1H3. The molecule has 1 fully saturated rings. The highest BCUT2D eigenvalue weighted by molar-refractivity contribution is 5.94. The molecule has 178 valence electrons. The zero-order valence-electron chi connectivity index (χ0n) is 19.9. The average Bonchev–Trinajstić information content (AvgIpc) is 3.23. The van der Waals surface area contributed by atoms with E-state index in [9.17, 15) is 4.79 Å². The summed E-state index contributed by atoms with van der Waals surface area (Å²) in [5.41, 5.74) is 4.57. The van der Waals surface area contributed by atoms with Crippen molar-refractivity contribution >= 4 is 5.91 Å². The van der Waals surface area contributed by atoms with Gasteiger partial charge in [0, 0.05) is 76.3 Å². The molecule has 4 aromatic rings. The summed E-state index contributed by atoms with van der Waals surface area (Å²) in [6.07, 6.45) is 11.4. The van der Waals surface area contributed by atoms with E-state index >= 15 is 0 Å². The lowest BCUT2D eigenvalue weighted by molar-refractivity contribution is 0.0745. The SMILES string of the molecule is Cn1cc(-c2ccc(C(=O)N3CCN(Cc4ccccc4)CC(Cc4cnccn4)C3)cn2)cn1. The number of rotatable bonds is 6. The number of amides is 1. The lowest BCUT2D eigenvalue weighted by atomic mass is 10.0. The van der Waals surface area contributed by atoms with Crippen molar-refractivity contribution in [3.8, 4) is 11.3 Å². The first-order valence-electron chi connectivity index (χ1n) is 11.9. The van der Waals surface area contributed by atoms with Crippen LogP contribution in [0.5, 0.6) is 0 Å². The predicted molar refractivity (Wildman–Crippen MR) is 133 cm³/mol. The third-order valence-corrected chi connectivity index (χ3v) is 6.34. The predicted octanol–water partition coefficient (Wildman–Crippen LogP) is 3.09. The molecule has 1 amide bonds. The number of hydrogen-bond donors (Lipinski definition) is 0. The van der Waals surface area contributed by atoms with Crippen LogP contribution in [0.15, 0.2) is 79.6 Å². The van der Waals surface area contributed by atoms with Gasteiger partial charge in [0.25, 0.3) is 5.91 Å². The molecule has 5 rings (SSSR count). The van der Waals surface area contributed by atoms with Crippen LogP contribution in [0, 0.1) is 5.92 Å². The molecule has 0 spiro atoms. The zero-order chi connectivity index (χ0) is 24.0. The van der Waals surface area contributed by atoms with Gasteiger partial charge in [0.2, 0.25) is 0 Å². The summed E-state index contributed by atoms with van der Waals surface area (Å²) in [7, 11) is 1.87. The van der Waals surface area contributed by atoms with Crippen molar-refractivity contribution < 1.29 is 4.79 Å². The molecule has 1 saturated heterocycles. The number of carbonyl (C=O) groups excluding carboxylic acids is 1. The Kier molecular flexibility index (Phi) is 6.90. The van der Waals surface area contributed by atoms with E-state index in [0.717, 1.165) is 43.0 Å². The Balaban J connectivity index is 1.33. The van der Waals surface area contributed by atoms with Crippen molar-refractivity contribution in [3.05, 3.63) is 96.5 Å². The van der Waals surface area contributed by atoms with E-state index in [2.05, 4.69) is 49.2 Å². The Morgan fingerprint density at radius 3 is 2.57 bits per heavy atom. The van der Waals surface area contributed by atoms with Crippen LogP contribution in [-0.4, -0.2) is 66.6 Å². The molecule has 8 nitrogen and oxygen atoms in total. The molecule has 1 unspecified atom stereocenters. The van der Waals surface area contributed by atoms with E-state index in [0.29, 0.717) is 18.7 Å². The third-order valence-electron chi connectivity index (χ3n) is 6.34. The van der Waals surface area contributed by atoms with E-state index in [-0.39, 0.29) is 11.8 Å². The topological polar surface area (TPSA) is 80.0 Å². The maximum absolute atomic E-state index is 13.5. The van der Waals surface area contributed by atoms with Crippen LogP contribution in [0.4, 0.5) is 0 Å². The summed E-state index contributed by atoms with van der Waals surface area (Å²) in [6.45, 7) is 3.92. The van der Waals surface area contributed by atoms with Gasteiger partial charge in [-0.05, 0) is 30.0 Å². The van der Waals surface area contributed by atoms with Gasteiger partial charge in [-0.2, -0.15) is 5.10 Å². The molecule has 8 heteroatoms. The number of hydrogen-bond acceptors (Lipinski definition) is 6. The van der Waals surface area contributed by atoms with Crippen LogP contribution in [0.25, 0.3) is 11.3 Å². The number of carbonyl (C=O) groups is 1. The van der Waals surface area contributed by atoms with Gasteiger partial charge in [0.15, 0.2) is 0 Å². The van der Waals surface area contributed by atoms with Crippen molar-refractivity contribution in [1.82, 2.24) is 34.5 Å². The molecule has 3 aromatic heterocycles. The normalized spacial score (nSPS) is 16.7. The summed E-state index contributed by atoms with van der Waals surface area (Å²) in [5, 5.41) is 4.20. The molecule has 0 N–H and O–H groups in total.